The van der Waals surface area contributed by atoms with Crippen molar-refractivity contribution in [3.63, 3.8) is 0 Å². The molecule has 0 unspecified atom stereocenters. The number of carbonyl (C=O) groups excluding carboxylic acids is 1. The third-order valence-electron chi connectivity index (χ3n) is 4.39. The molecule has 0 atom stereocenters. The third-order valence-corrected chi connectivity index (χ3v) is 7.38. The van der Waals surface area contributed by atoms with Crippen LogP contribution in [0.5, 0.6) is 5.75 Å². The fraction of sp³-hybridized carbons (Fsp3) is 0.250. The molecule has 0 aliphatic carbocycles. The minimum atomic E-state index is -4.03. The van der Waals surface area contributed by atoms with E-state index in [1.54, 1.807) is 26.0 Å². The van der Waals surface area contributed by atoms with Gasteiger partial charge in [-0.1, -0.05) is 26.0 Å². The van der Waals surface area contributed by atoms with Gasteiger partial charge in [-0.15, -0.1) is 0 Å². The van der Waals surface area contributed by atoms with Gasteiger partial charge in [0.1, 0.15) is 10.6 Å². The van der Waals surface area contributed by atoms with Crippen LogP contribution >= 0.6 is 0 Å². The van der Waals surface area contributed by atoms with E-state index in [-0.39, 0.29) is 21.2 Å². The highest BCUT2D eigenvalue weighted by Gasteiger charge is 2.21. The first kappa shape index (κ1) is 24.5. The van der Waals surface area contributed by atoms with Gasteiger partial charge in [0.25, 0.3) is 0 Å². The lowest BCUT2D eigenvalue weighted by atomic mass is 10.2. The monoisotopic (exact) mass is 467 g/mol. The summed E-state index contributed by atoms with van der Waals surface area (Å²) in [5.74, 6) is -0.443. The molecule has 168 valence electrons. The normalized spacial score (nSPS) is 12.3. The summed E-state index contributed by atoms with van der Waals surface area (Å²) in [5, 5.41) is 7.70. The lowest BCUT2D eigenvalue weighted by molar-refractivity contribution is -0.111. The summed E-state index contributed by atoms with van der Waals surface area (Å²) in [6.45, 7) is 4.29. The second-order valence-electron chi connectivity index (χ2n) is 6.39. The lowest BCUT2D eigenvalue weighted by Crippen LogP contribution is -2.30. The second kappa shape index (κ2) is 10.1. The highest BCUT2D eigenvalue weighted by molar-refractivity contribution is 7.89. The standard InChI is InChI=1S/C20H25N3O6S2/c1-4-23(5-2)31(27,28)17-10-6-15(7-11-17)8-13-20(24)22-16-9-12-18(29-3)19(14-16)30(21,25)26/h6-14H,4-5H2,1-3H3,(H,22,24)(H2,21,25,26)/b13-8+. The number of sulfonamides is 2. The van der Waals surface area contributed by atoms with Crippen LogP contribution in [0, 0.1) is 0 Å². The van der Waals surface area contributed by atoms with Crippen LogP contribution in [-0.4, -0.2) is 47.2 Å². The Bertz CT molecular complexity index is 1170. The number of anilines is 1. The summed E-state index contributed by atoms with van der Waals surface area (Å²) in [4.78, 5) is 12.1. The number of hydrogen-bond donors (Lipinski definition) is 2. The molecule has 0 bridgehead atoms. The molecule has 0 spiro atoms. The van der Waals surface area contributed by atoms with Crippen molar-refractivity contribution in [1.29, 1.82) is 0 Å². The Kier molecular flexibility index (Phi) is 7.96. The van der Waals surface area contributed by atoms with Gasteiger partial charge < -0.3 is 10.1 Å². The molecule has 3 N–H and O–H groups in total. The largest absolute Gasteiger partial charge is 0.495 e. The number of nitrogens with zero attached hydrogens (tertiary/aromatic N) is 1. The Labute approximate surface area is 182 Å². The van der Waals surface area contributed by atoms with Crippen molar-refractivity contribution in [3.05, 3.63) is 54.1 Å². The molecule has 2 aromatic carbocycles. The molecule has 31 heavy (non-hydrogen) atoms. The second-order valence-corrected chi connectivity index (χ2v) is 9.86. The average Bonchev–Trinajstić information content (AvgIpc) is 2.72. The number of ether oxygens (including phenoxy) is 1. The Balaban J connectivity index is 2.14. The number of rotatable bonds is 9. The van der Waals surface area contributed by atoms with Gasteiger partial charge in [0.15, 0.2) is 0 Å². The van der Waals surface area contributed by atoms with Gasteiger partial charge >= 0.3 is 0 Å². The van der Waals surface area contributed by atoms with Crippen molar-refractivity contribution in [1.82, 2.24) is 4.31 Å². The predicted molar refractivity (Wildman–Crippen MR) is 119 cm³/mol. The number of carbonyl (C=O) groups is 1. The quantitative estimate of drug-likeness (QED) is 0.542. The molecule has 2 aromatic rings. The van der Waals surface area contributed by atoms with E-state index < -0.39 is 26.0 Å². The summed E-state index contributed by atoms with van der Waals surface area (Å²) in [5.41, 5.74) is 0.841. The number of nitrogens with two attached hydrogens (primary N) is 1. The summed E-state index contributed by atoms with van der Waals surface area (Å²) in [6.07, 6.45) is 2.75. The van der Waals surface area contributed by atoms with Gasteiger partial charge in [0.05, 0.1) is 12.0 Å². The zero-order valence-corrected chi connectivity index (χ0v) is 19.0. The molecule has 0 heterocycles. The third kappa shape index (κ3) is 6.14. The Morgan fingerprint density at radius 1 is 1.06 bits per heavy atom. The summed E-state index contributed by atoms with van der Waals surface area (Å²) in [6, 6.07) is 10.2. The molecule has 0 aliphatic heterocycles. The van der Waals surface area contributed by atoms with E-state index in [9.17, 15) is 21.6 Å². The van der Waals surface area contributed by atoms with E-state index >= 15 is 0 Å². The molecule has 0 aromatic heterocycles. The molecule has 0 saturated carbocycles. The molecule has 9 nitrogen and oxygen atoms in total. The Hall–Kier alpha value is -2.73. The fourth-order valence-electron chi connectivity index (χ4n) is 2.80. The van der Waals surface area contributed by atoms with Crippen LogP contribution in [0.15, 0.2) is 58.3 Å². The van der Waals surface area contributed by atoms with Gasteiger partial charge in [-0.2, -0.15) is 4.31 Å². The SMILES string of the molecule is CCN(CC)S(=O)(=O)c1ccc(/C=C/C(=O)Nc2ccc(OC)c(S(N)(=O)=O)c2)cc1. The molecule has 0 aliphatic rings. The summed E-state index contributed by atoms with van der Waals surface area (Å²) >= 11 is 0. The van der Waals surface area contributed by atoms with E-state index in [2.05, 4.69) is 5.32 Å². The van der Waals surface area contributed by atoms with Crippen LogP contribution in [0.2, 0.25) is 0 Å². The maximum Gasteiger partial charge on any atom is 0.248 e. The van der Waals surface area contributed by atoms with E-state index in [1.165, 1.54) is 53.9 Å². The first-order valence-corrected chi connectivity index (χ1v) is 12.3. The van der Waals surface area contributed by atoms with E-state index in [1.807, 2.05) is 0 Å². The lowest BCUT2D eigenvalue weighted by Gasteiger charge is -2.18. The molecular weight excluding hydrogens is 442 g/mol. The highest BCUT2D eigenvalue weighted by Crippen LogP contribution is 2.26. The average molecular weight is 468 g/mol. The number of benzene rings is 2. The van der Waals surface area contributed by atoms with Crippen LogP contribution in [0.25, 0.3) is 6.08 Å². The minimum Gasteiger partial charge on any atom is -0.495 e. The number of hydrogen-bond acceptors (Lipinski definition) is 6. The Morgan fingerprint density at radius 2 is 1.68 bits per heavy atom. The number of methoxy groups -OCH3 is 1. The molecule has 0 saturated heterocycles. The van der Waals surface area contributed by atoms with Crippen LogP contribution < -0.4 is 15.2 Å². The molecular formula is C20H25N3O6S2. The smallest absolute Gasteiger partial charge is 0.248 e. The number of primary sulfonamides is 1. The van der Waals surface area contributed by atoms with Gasteiger partial charge in [-0.25, -0.2) is 22.0 Å². The first-order chi connectivity index (χ1) is 14.5. The van der Waals surface area contributed by atoms with Crippen molar-refractivity contribution in [2.45, 2.75) is 23.6 Å². The maximum atomic E-state index is 12.5. The van der Waals surface area contributed by atoms with Crippen molar-refractivity contribution in [3.8, 4) is 5.75 Å². The molecule has 1 amide bonds. The molecule has 0 fully saturated rings. The van der Waals surface area contributed by atoms with Crippen LogP contribution in [0.1, 0.15) is 19.4 Å². The van der Waals surface area contributed by atoms with Gasteiger partial charge in [0, 0.05) is 24.9 Å². The topological polar surface area (TPSA) is 136 Å². The van der Waals surface area contributed by atoms with Crippen molar-refractivity contribution in [2.24, 2.45) is 5.14 Å². The number of amides is 1. The van der Waals surface area contributed by atoms with E-state index in [0.717, 1.165) is 0 Å². The van der Waals surface area contributed by atoms with Crippen molar-refractivity contribution in [2.75, 3.05) is 25.5 Å². The van der Waals surface area contributed by atoms with Gasteiger partial charge in [0.2, 0.25) is 26.0 Å². The van der Waals surface area contributed by atoms with Crippen LogP contribution in [0.4, 0.5) is 5.69 Å². The maximum absolute atomic E-state index is 12.5. The van der Waals surface area contributed by atoms with E-state index in [4.69, 9.17) is 9.88 Å². The zero-order chi connectivity index (χ0) is 23.2. The predicted octanol–water partition coefficient (Wildman–Crippen LogP) is 2.02. The first-order valence-electron chi connectivity index (χ1n) is 9.33. The minimum absolute atomic E-state index is 0.0656. The van der Waals surface area contributed by atoms with Crippen molar-refractivity contribution < 1.29 is 26.4 Å². The van der Waals surface area contributed by atoms with E-state index in [0.29, 0.717) is 18.7 Å². The molecule has 2 rings (SSSR count). The summed E-state index contributed by atoms with van der Waals surface area (Å²) < 4.78 is 54.7. The molecule has 11 heteroatoms. The molecule has 0 radical (unpaired) electrons. The van der Waals surface area contributed by atoms with Crippen LogP contribution in [-0.2, 0) is 24.8 Å². The zero-order valence-electron chi connectivity index (χ0n) is 17.4. The summed E-state index contributed by atoms with van der Waals surface area (Å²) in [7, 11) is -6.27. The van der Waals surface area contributed by atoms with Crippen LogP contribution in [0.3, 0.4) is 0 Å². The number of nitrogens with one attached hydrogen (secondary N) is 1. The van der Waals surface area contributed by atoms with Gasteiger partial charge in [-0.3, -0.25) is 4.79 Å². The van der Waals surface area contributed by atoms with Gasteiger partial charge in [-0.05, 0) is 42.0 Å². The Morgan fingerprint density at radius 3 is 2.19 bits per heavy atom. The highest BCUT2D eigenvalue weighted by atomic mass is 32.2. The van der Waals surface area contributed by atoms with Crippen molar-refractivity contribution >= 4 is 37.7 Å². The fourth-order valence-corrected chi connectivity index (χ4v) is 4.98.